The molecule has 1 aliphatic rings. The van der Waals surface area contributed by atoms with Crippen LogP contribution in [0.1, 0.15) is 53.4 Å². The van der Waals surface area contributed by atoms with Gasteiger partial charge in [0.1, 0.15) is 0 Å². The molecule has 0 aliphatic carbocycles. The third-order valence-corrected chi connectivity index (χ3v) is 4.06. The first-order valence-corrected chi connectivity index (χ1v) is 7.83. The van der Waals surface area contributed by atoms with E-state index in [9.17, 15) is 0 Å². The number of ether oxygens (including phenoxy) is 2. The molecule has 0 spiro atoms. The van der Waals surface area contributed by atoms with Crippen molar-refractivity contribution in [1.29, 1.82) is 0 Å². The highest BCUT2D eigenvalue weighted by Gasteiger charge is 2.33. The van der Waals surface area contributed by atoms with Gasteiger partial charge in [0.15, 0.2) is 0 Å². The van der Waals surface area contributed by atoms with E-state index in [1.54, 1.807) is 0 Å². The summed E-state index contributed by atoms with van der Waals surface area (Å²) >= 11 is 0. The summed E-state index contributed by atoms with van der Waals surface area (Å²) in [6, 6.07) is 0.452. The first-order valence-electron chi connectivity index (χ1n) is 7.83. The van der Waals surface area contributed by atoms with Crippen LogP contribution in [0.4, 0.5) is 0 Å². The quantitative estimate of drug-likeness (QED) is 0.771. The fourth-order valence-corrected chi connectivity index (χ4v) is 3.11. The van der Waals surface area contributed by atoms with E-state index < -0.39 is 0 Å². The molecule has 1 heterocycles. The normalized spacial score (nSPS) is 21.3. The lowest BCUT2D eigenvalue weighted by Gasteiger charge is -2.38. The molecular formula is C16H33NO2. The van der Waals surface area contributed by atoms with Crippen LogP contribution >= 0.6 is 0 Å². The fourth-order valence-electron chi connectivity index (χ4n) is 3.11. The summed E-state index contributed by atoms with van der Waals surface area (Å²) in [6.45, 7) is 12.0. The fraction of sp³-hybridized carbons (Fsp3) is 1.00. The van der Waals surface area contributed by atoms with Gasteiger partial charge in [-0.2, -0.15) is 0 Å². The summed E-state index contributed by atoms with van der Waals surface area (Å²) < 4.78 is 11.3. The molecule has 3 heteroatoms. The highest BCUT2D eigenvalue weighted by molar-refractivity contribution is 4.88. The lowest BCUT2D eigenvalue weighted by atomic mass is 9.80. The van der Waals surface area contributed by atoms with Crippen molar-refractivity contribution in [3.63, 3.8) is 0 Å². The Bertz CT molecular complexity index is 231. The van der Waals surface area contributed by atoms with E-state index in [1.165, 1.54) is 25.7 Å². The first kappa shape index (κ1) is 16.9. The highest BCUT2D eigenvalue weighted by atomic mass is 16.5. The minimum atomic E-state index is 0.172. The maximum atomic E-state index is 5.82. The molecule has 0 aromatic carbocycles. The lowest BCUT2D eigenvalue weighted by Crippen LogP contribution is -2.49. The van der Waals surface area contributed by atoms with E-state index in [1.807, 2.05) is 7.11 Å². The maximum Gasteiger partial charge on any atom is 0.0772 e. The van der Waals surface area contributed by atoms with E-state index in [4.69, 9.17) is 9.47 Å². The molecule has 1 aliphatic heterocycles. The molecular weight excluding hydrogens is 238 g/mol. The maximum absolute atomic E-state index is 5.82. The van der Waals surface area contributed by atoms with Gasteiger partial charge < -0.3 is 14.8 Å². The molecule has 1 saturated heterocycles. The van der Waals surface area contributed by atoms with Crippen molar-refractivity contribution in [2.45, 2.75) is 65.5 Å². The molecule has 0 radical (unpaired) electrons. The molecule has 2 atom stereocenters. The third-order valence-electron chi connectivity index (χ3n) is 4.06. The van der Waals surface area contributed by atoms with Crippen LogP contribution in [-0.2, 0) is 9.47 Å². The van der Waals surface area contributed by atoms with Crippen molar-refractivity contribution in [3.8, 4) is 0 Å². The summed E-state index contributed by atoms with van der Waals surface area (Å²) in [5.41, 5.74) is 0.172. The standard InChI is InChI=1S/C16H33NO2/c1-6-9-17-14(15(18-5)16(2,3)4)12-13-7-10-19-11-8-13/h13-15,17H,6-12H2,1-5H3. The Balaban J connectivity index is 2.62. The second kappa shape index (κ2) is 8.23. The minimum absolute atomic E-state index is 0.172. The van der Waals surface area contributed by atoms with Crippen LogP contribution in [0.2, 0.25) is 0 Å². The van der Waals surface area contributed by atoms with Crippen LogP contribution in [0, 0.1) is 11.3 Å². The van der Waals surface area contributed by atoms with Gasteiger partial charge in [-0.15, -0.1) is 0 Å². The van der Waals surface area contributed by atoms with Crippen molar-refractivity contribution in [1.82, 2.24) is 5.32 Å². The molecule has 0 saturated carbocycles. The van der Waals surface area contributed by atoms with Gasteiger partial charge in [0.25, 0.3) is 0 Å². The molecule has 2 unspecified atom stereocenters. The zero-order valence-corrected chi connectivity index (χ0v) is 13.5. The van der Waals surface area contributed by atoms with Gasteiger partial charge in [0.05, 0.1) is 6.10 Å². The van der Waals surface area contributed by atoms with E-state index >= 15 is 0 Å². The number of rotatable bonds is 7. The van der Waals surface area contributed by atoms with Gasteiger partial charge in [-0.3, -0.25) is 0 Å². The summed E-state index contributed by atoms with van der Waals surface area (Å²) in [5.74, 6) is 0.781. The Hall–Kier alpha value is -0.120. The van der Waals surface area contributed by atoms with E-state index in [-0.39, 0.29) is 11.5 Å². The van der Waals surface area contributed by atoms with Crippen LogP contribution in [0.25, 0.3) is 0 Å². The second-order valence-corrected chi connectivity index (χ2v) is 6.87. The molecule has 1 N–H and O–H groups in total. The van der Waals surface area contributed by atoms with Gasteiger partial charge >= 0.3 is 0 Å². The largest absolute Gasteiger partial charge is 0.381 e. The molecule has 19 heavy (non-hydrogen) atoms. The number of hydrogen-bond donors (Lipinski definition) is 1. The number of nitrogens with one attached hydrogen (secondary N) is 1. The predicted octanol–water partition coefficient (Wildman–Crippen LogP) is 3.23. The van der Waals surface area contributed by atoms with Gasteiger partial charge in [-0.1, -0.05) is 27.7 Å². The minimum Gasteiger partial charge on any atom is -0.381 e. The summed E-state index contributed by atoms with van der Waals surface area (Å²) in [7, 11) is 1.85. The van der Waals surface area contributed by atoms with Crippen molar-refractivity contribution < 1.29 is 9.47 Å². The van der Waals surface area contributed by atoms with Crippen LogP contribution in [0.3, 0.4) is 0 Å². The van der Waals surface area contributed by atoms with E-state index in [0.717, 1.165) is 25.7 Å². The second-order valence-electron chi connectivity index (χ2n) is 6.87. The Morgan fingerprint density at radius 3 is 2.37 bits per heavy atom. The Morgan fingerprint density at radius 2 is 1.89 bits per heavy atom. The predicted molar refractivity (Wildman–Crippen MR) is 80.5 cm³/mol. The van der Waals surface area contributed by atoms with Crippen LogP contribution in [0.15, 0.2) is 0 Å². The highest BCUT2D eigenvalue weighted by Crippen LogP contribution is 2.29. The van der Waals surface area contributed by atoms with Gasteiger partial charge in [0.2, 0.25) is 0 Å². The monoisotopic (exact) mass is 271 g/mol. The summed E-state index contributed by atoms with van der Waals surface area (Å²) in [6.07, 6.45) is 5.04. The van der Waals surface area contributed by atoms with Crippen LogP contribution in [0.5, 0.6) is 0 Å². The Kier molecular flexibility index (Phi) is 7.33. The SMILES string of the molecule is CCCNC(CC1CCOCC1)C(OC)C(C)(C)C. The van der Waals surface area contributed by atoms with Crippen molar-refractivity contribution >= 4 is 0 Å². The average Bonchev–Trinajstić information content (AvgIpc) is 2.36. The van der Waals surface area contributed by atoms with Gasteiger partial charge in [-0.05, 0) is 43.6 Å². The van der Waals surface area contributed by atoms with Crippen molar-refractivity contribution in [3.05, 3.63) is 0 Å². The van der Waals surface area contributed by atoms with Gasteiger partial charge in [0, 0.05) is 26.4 Å². The Labute approximate surface area is 119 Å². The molecule has 1 rings (SSSR count). The first-order chi connectivity index (χ1) is 8.99. The lowest BCUT2D eigenvalue weighted by molar-refractivity contribution is -0.0233. The number of hydrogen-bond acceptors (Lipinski definition) is 3. The van der Waals surface area contributed by atoms with E-state index in [2.05, 4.69) is 33.0 Å². The number of methoxy groups -OCH3 is 1. The third kappa shape index (κ3) is 5.80. The molecule has 114 valence electrons. The topological polar surface area (TPSA) is 30.5 Å². The average molecular weight is 271 g/mol. The van der Waals surface area contributed by atoms with Crippen LogP contribution < -0.4 is 5.32 Å². The van der Waals surface area contributed by atoms with Crippen molar-refractivity contribution in [2.75, 3.05) is 26.9 Å². The smallest absolute Gasteiger partial charge is 0.0772 e. The summed E-state index contributed by atoms with van der Waals surface area (Å²) in [5, 5.41) is 3.71. The van der Waals surface area contributed by atoms with E-state index in [0.29, 0.717) is 6.04 Å². The summed E-state index contributed by atoms with van der Waals surface area (Å²) in [4.78, 5) is 0. The molecule has 1 fully saturated rings. The molecule has 0 amide bonds. The molecule has 0 bridgehead atoms. The molecule has 0 aromatic rings. The Morgan fingerprint density at radius 1 is 1.26 bits per heavy atom. The zero-order valence-electron chi connectivity index (χ0n) is 13.5. The molecule has 0 aromatic heterocycles. The van der Waals surface area contributed by atoms with Crippen molar-refractivity contribution in [2.24, 2.45) is 11.3 Å². The molecule has 3 nitrogen and oxygen atoms in total. The van der Waals surface area contributed by atoms with Crippen LogP contribution in [-0.4, -0.2) is 39.0 Å². The zero-order chi connectivity index (χ0) is 14.3. The van der Waals surface area contributed by atoms with Gasteiger partial charge in [-0.25, -0.2) is 0 Å².